The summed E-state index contributed by atoms with van der Waals surface area (Å²) in [6.07, 6.45) is 4.56. The Labute approximate surface area is 209 Å². The molecule has 0 aromatic heterocycles. The first-order valence-corrected chi connectivity index (χ1v) is 12.2. The summed E-state index contributed by atoms with van der Waals surface area (Å²) in [7, 11) is 0. The van der Waals surface area contributed by atoms with Crippen molar-refractivity contribution in [2.45, 2.75) is 44.9 Å². The molecule has 188 valence electrons. The van der Waals surface area contributed by atoms with Gasteiger partial charge < -0.3 is 9.47 Å². The van der Waals surface area contributed by atoms with Crippen molar-refractivity contribution in [3.63, 3.8) is 0 Å². The molecule has 6 heteroatoms. The molecule has 0 radical (unpaired) electrons. The average Bonchev–Trinajstić information content (AvgIpc) is 2.88. The third kappa shape index (κ3) is 5.81. The van der Waals surface area contributed by atoms with E-state index in [4.69, 9.17) is 9.47 Å². The Kier molecular flexibility index (Phi) is 8.14. The molecule has 0 amide bonds. The van der Waals surface area contributed by atoms with Crippen LogP contribution < -0.4 is 9.47 Å². The highest BCUT2D eigenvalue weighted by molar-refractivity contribution is 5.76. The number of carbonyl (C=O) groups is 1. The van der Waals surface area contributed by atoms with E-state index < -0.39 is 29.3 Å². The minimum atomic E-state index is -1.19. The smallest absolute Gasteiger partial charge is 0.314 e. The van der Waals surface area contributed by atoms with Crippen molar-refractivity contribution in [3.8, 4) is 22.6 Å². The van der Waals surface area contributed by atoms with E-state index in [-0.39, 0.29) is 17.3 Å². The first-order valence-electron chi connectivity index (χ1n) is 12.2. The van der Waals surface area contributed by atoms with Crippen molar-refractivity contribution in [1.29, 1.82) is 0 Å². The van der Waals surface area contributed by atoms with Crippen LogP contribution in [-0.2, 0) is 4.79 Å². The zero-order valence-electron chi connectivity index (χ0n) is 20.2. The van der Waals surface area contributed by atoms with Gasteiger partial charge in [0.15, 0.2) is 11.6 Å². The second-order valence-electron chi connectivity index (χ2n) is 9.18. The molecular formula is C30H29F3O3. The molecule has 3 aromatic rings. The zero-order valence-corrected chi connectivity index (χ0v) is 20.2. The maximum atomic E-state index is 14.7. The van der Waals surface area contributed by atoms with Crippen LogP contribution >= 0.6 is 0 Å². The predicted molar refractivity (Wildman–Crippen MR) is 134 cm³/mol. The van der Waals surface area contributed by atoms with E-state index in [0.717, 1.165) is 5.56 Å². The van der Waals surface area contributed by atoms with E-state index in [1.165, 1.54) is 18.2 Å². The van der Waals surface area contributed by atoms with Gasteiger partial charge in [-0.05, 0) is 74.3 Å². The van der Waals surface area contributed by atoms with Crippen molar-refractivity contribution in [1.82, 2.24) is 0 Å². The lowest BCUT2D eigenvalue weighted by atomic mass is 9.78. The highest BCUT2D eigenvalue weighted by Gasteiger charge is 2.30. The molecule has 4 rings (SSSR count). The largest absolute Gasteiger partial charge is 0.493 e. The summed E-state index contributed by atoms with van der Waals surface area (Å²) in [6.45, 7) is 5.98. The maximum absolute atomic E-state index is 14.7. The Morgan fingerprint density at radius 2 is 1.69 bits per heavy atom. The minimum Gasteiger partial charge on any atom is -0.493 e. The van der Waals surface area contributed by atoms with Crippen LogP contribution in [0.3, 0.4) is 0 Å². The molecule has 36 heavy (non-hydrogen) atoms. The fourth-order valence-corrected chi connectivity index (χ4v) is 4.59. The van der Waals surface area contributed by atoms with Gasteiger partial charge in [0.1, 0.15) is 11.6 Å². The summed E-state index contributed by atoms with van der Waals surface area (Å²) in [4.78, 5) is 12.7. The molecule has 1 saturated carbocycles. The molecule has 0 saturated heterocycles. The van der Waals surface area contributed by atoms with Crippen LogP contribution in [0.5, 0.6) is 11.5 Å². The van der Waals surface area contributed by atoms with Gasteiger partial charge in [-0.15, -0.1) is 6.58 Å². The second-order valence-corrected chi connectivity index (χ2v) is 9.18. The van der Waals surface area contributed by atoms with Crippen molar-refractivity contribution in [2.24, 2.45) is 5.92 Å². The molecule has 0 N–H and O–H groups in total. The summed E-state index contributed by atoms with van der Waals surface area (Å²) in [6, 6.07) is 14.6. The molecule has 0 spiro atoms. The lowest BCUT2D eigenvalue weighted by Crippen LogP contribution is -2.25. The van der Waals surface area contributed by atoms with Crippen LogP contribution in [0.4, 0.5) is 13.2 Å². The number of rotatable bonds is 8. The molecule has 3 nitrogen and oxygen atoms in total. The molecular weight excluding hydrogens is 465 g/mol. The molecule has 1 fully saturated rings. The fourth-order valence-electron chi connectivity index (χ4n) is 4.59. The predicted octanol–water partition coefficient (Wildman–Crippen LogP) is 7.91. The molecule has 1 aliphatic carbocycles. The lowest BCUT2D eigenvalue weighted by molar-refractivity contribution is -0.140. The number of ether oxygens (including phenoxy) is 2. The van der Waals surface area contributed by atoms with Gasteiger partial charge in [0.2, 0.25) is 5.82 Å². The highest BCUT2D eigenvalue weighted by atomic mass is 19.2. The number of hydrogen-bond acceptors (Lipinski definition) is 3. The molecule has 3 aromatic carbocycles. The van der Waals surface area contributed by atoms with Gasteiger partial charge in [0.05, 0.1) is 12.5 Å². The molecule has 0 heterocycles. The topological polar surface area (TPSA) is 35.5 Å². The Morgan fingerprint density at radius 1 is 0.972 bits per heavy atom. The Morgan fingerprint density at radius 3 is 2.36 bits per heavy atom. The monoisotopic (exact) mass is 494 g/mol. The fraction of sp³-hybridized carbons (Fsp3) is 0.300. The summed E-state index contributed by atoms with van der Waals surface area (Å²) in [5.41, 5.74) is 2.24. The summed E-state index contributed by atoms with van der Waals surface area (Å²) in [5, 5.41) is 0. The van der Waals surface area contributed by atoms with Crippen LogP contribution in [0.1, 0.15) is 49.1 Å². The molecule has 0 aliphatic heterocycles. The lowest BCUT2D eigenvalue weighted by Gasteiger charge is -2.28. The van der Waals surface area contributed by atoms with E-state index in [1.807, 2.05) is 19.1 Å². The van der Waals surface area contributed by atoms with E-state index in [2.05, 4.69) is 6.58 Å². The van der Waals surface area contributed by atoms with Gasteiger partial charge in [0.25, 0.3) is 0 Å². The number of benzene rings is 3. The van der Waals surface area contributed by atoms with Crippen molar-refractivity contribution in [3.05, 3.63) is 95.8 Å². The Balaban J connectivity index is 1.36. The van der Waals surface area contributed by atoms with Gasteiger partial charge in [-0.3, -0.25) is 4.79 Å². The third-order valence-corrected chi connectivity index (χ3v) is 6.68. The van der Waals surface area contributed by atoms with Crippen LogP contribution in [0.15, 0.2) is 67.3 Å². The van der Waals surface area contributed by atoms with E-state index in [0.29, 0.717) is 55.6 Å². The first-order chi connectivity index (χ1) is 17.4. The average molecular weight is 495 g/mol. The summed E-state index contributed by atoms with van der Waals surface area (Å²) in [5.74, 6) is -3.60. The summed E-state index contributed by atoms with van der Waals surface area (Å²) >= 11 is 0. The number of carbonyl (C=O) groups excluding carboxylic acids is 1. The van der Waals surface area contributed by atoms with Gasteiger partial charge in [-0.1, -0.05) is 42.0 Å². The quantitative estimate of drug-likeness (QED) is 0.138. The molecule has 0 unspecified atom stereocenters. The van der Waals surface area contributed by atoms with Crippen LogP contribution in [0, 0.1) is 30.3 Å². The SMILES string of the molecule is C=CCCOc1ccc(C2CCC(C(=O)Oc3ccc(-c4ccc(C)cc4)c(F)c3F)CC2)c(F)c1. The molecule has 1 aliphatic rings. The van der Waals surface area contributed by atoms with Crippen LogP contribution in [0.2, 0.25) is 0 Å². The number of halogens is 3. The first kappa shape index (κ1) is 25.5. The van der Waals surface area contributed by atoms with Crippen molar-refractivity contribution < 1.29 is 27.4 Å². The Bertz CT molecular complexity index is 1230. The maximum Gasteiger partial charge on any atom is 0.314 e. The van der Waals surface area contributed by atoms with E-state index in [1.54, 1.807) is 30.3 Å². The molecule has 0 atom stereocenters. The molecule has 0 bridgehead atoms. The van der Waals surface area contributed by atoms with E-state index in [9.17, 15) is 18.0 Å². The van der Waals surface area contributed by atoms with E-state index >= 15 is 0 Å². The van der Waals surface area contributed by atoms with Gasteiger partial charge >= 0.3 is 5.97 Å². The summed E-state index contributed by atoms with van der Waals surface area (Å²) < 4.78 is 54.8. The second kappa shape index (κ2) is 11.5. The van der Waals surface area contributed by atoms with Crippen LogP contribution in [0.25, 0.3) is 11.1 Å². The standard InChI is InChI=1S/C30H29F3O3/c1-3-4-17-35-23-13-14-24(26(31)18-23)20-9-11-22(12-10-20)30(34)36-27-16-15-25(28(32)29(27)33)21-7-5-19(2)6-8-21/h3,5-8,13-16,18,20,22H,1,4,9-12,17H2,2H3. The number of aryl methyl sites for hydroxylation is 1. The highest BCUT2D eigenvalue weighted by Crippen LogP contribution is 2.39. The van der Waals surface area contributed by atoms with Crippen LogP contribution in [-0.4, -0.2) is 12.6 Å². The third-order valence-electron chi connectivity index (χ3n) is 6.68. The number of hydrogen-bond donors (Lipinski definition) is 0. The van der Waals surface area contributed by atoms with Gasteiger partial charge in [-0.2, -0.15) is 4.39 Å². The Hall–Kier alpha value is -3.54. The minimum absolute atomic E-state index is 0.0285. The van der Waals surface area contributed by atoms with Gasteiger partial charge in [0, 0.05) is 11.6 Å². The number of esters is 1. The van der Waals surface area contributed by atoms with Crippen molar-refractivity contribution in [2.75, 3.05) is 6.61 Å². The van der Waals surface area contributed by atoms with Gasteiger partial charge in [-0.25, -0.2) is 8.78 Å². The van der Waals surface area contributed by atoms with Crippen molar-refractivity contribution >= 4 is 5.97 Å². The zero-order chi connectivity index (χ0) is 25.7. The normalized spacial score (nSPS) is 17.4.